The second-order valence-corrected chi connectivity index (χ2v) is 9.22. The lowest BCUT2D eigenvalue weighted by Gasteiger charge is -2.39. The zero-order chi connectivity index (χ0) is 23.4. The minimum atomic E-state index is -1.56. The van der Waals surface area contributed by atoms with Gasteiger partial charge in [0.15, 0.2) is 5.54 Å². The van der Waals surface area contributed by atoms with Gasteiger partial charge in [-0.1, -0.05) is 48.0 Å². The Labute approximate surface area is 187 Å². The third-order valence-electron chi connectivity index (χ3n) is 5.95. The number of rotatable bonds is 1. The maximum absolute atomic E-state index is 14.0. The fourth-order valence-electron chi connectivity index (χ4n) is 4.79. The first-order valence-corrected chi connectivity index (χ1v) is 10.4. The number of anilines is 1. The summed E-state index contributed by atoms with van der Waals surface area (Å²) in [5, 5.41) is 10.1. The first-order chi connectivity index (χ1) is 15.0. The molecule has 2 N–H and O–H groups in total. The van der Waals surface area contributed by atoms with Crippen molar-refractivity contribution in [2.45, 2.75) is 44.8 Å². The topological polar surface area (TPSA) is 99.7 Å². The summed E-state index contributed by atoms with van der Waals surface area (Å²) in [6.45, 7) is 7.17. The molecule has 0 radical (unpaired) electrons. The van der Waals surface area contributed by atoms with Gasteiger partial charge in [0.25, 0.3) is 5.91 Å². The lowest BCUT2D eigenvalue weighted by Crippen LogP contribution is -2.56. The van der Waals surface area contributed by atoms with Crippen LogP contribution >= 0.6 is 0 Å². The van der Waals surface area contributed by atoms with Crippen molar-refractivity contribution in [3.63, 3.8) is 0 Å². The van der Waals surface area contributed by atoms with E-state index in [0.717, 1.165) is 11.1 Å². The van der Waals surface area contributed by atoms with Crippen LogP contribution in [0.15, 0.2) is 59.9 Å². The monoisotopic (exact) mass is 430 g/mol. The van der Waals surface area contributed by atoms with Crippen molar-refractivity contribution in [3.8, 4) is 6.07 Å². The highest BCUT2D eigenvalue weighted by Gasteiger charge is 2.67. The molecule has 4 rings (SSSR count). The Morgan fingerprint density at radius 1 is 1.19 bits per heavy atom. The molecule has 7 nitrogen and oxygen atoms in total. The predicted octanol–water partition coefficient (Wildman–Crippen LogP) is 3.90. The van der Waals surface area contributed by atoms with E-state index in [1.807, 2.05) is 55.5 Å². The van der Waals surface area contributed by atoms with Crippen LogP contribution < -0.4 is 10.6 Å². The number of nitriles is 1. The molecule has 0 aliphatic carbocycles. The lowest BCUT2D eigenvalue weighted by molar-refractivity contribution is -0.128. The zero-order valence-corrected chi connectivity index (χ0v) is 18.8. The molecule has 2 amide bonds. The number of hydrogen-bond donors (Lipinski definition) is 1. The van der Waals surface area contributed by atoms with Crippen LogP contribution in [0.5, 0.6) is 0 Å². The van der Waals surface area contributed by atoms with E-state index >= 15 is 0 Å². The van der Waals surface area contributed by atoms with Crippen LogP contribution in [0, 0.1) is 18.3 Å². The van der Waals surface area contributed by atoms with Crippen molar-refractivity contribution in [1.29, 1.82) is 5.26 Å². The first kappa shape index (κ1) is 21.4. The molecule has 1 spiro atoms. The number of amides is 2. The number of aryl methyl sites for hydroxylation is 1. The molecule has 0 unspecified atom stereocenters. The van der Waals surface area contributed by atoms with E-state index in [-0.39, 0.29) is 17.3 Å². The normalized spacial score (nSPS) is 22.4. The van der Waals surface area contributed by atoms with Crippen LogP contribution in [0.25, 0.3) is 0 Å². The van der Waals surface area contributed by atoms with Gasteiger partial charge in [-0.15, -0.1) is 0 Å². The third kappa shape index (κ3) is 2.87. The van der Waals surface area contributed by atoms with Crippen LogP contribution in [-0.4, -0.2) is 29.5 Å². The van der Waals surface area contributed by atoms with E-state index < -0.39 is 23.2 Å². The van der Waals surface area contributed by atoms with Gasteiger partial charge >= 0.3 is 6.09 Å². The van der Waals surface area contributed by atoms with Gasteiger partial charge < -0.3 is 15.4 Å². The summed E-state index contributed by atoms with van der Waals surface area (Å²) in [7, 11) is 1.66. The van der Waals surface area contributed by atoms with Crippen molar-refractivity contribution < 1.29 is 14.3 Å². The molecule has 0 saturated heterocycles. The fraction of sp³-hybridized carbons (Fsp3) is 0.320. The lowest BCUT2D eigenvalue weighted by atomic mass is 9.73. The summed E-state index contributed by atoms with van der Waals surface area (Å²) >= 11 is 0. The second-order valence-electron chi connectivity index (χ2n) is 9.22. The number of carbonyl (C=O) groups is 2. The maximum atomic E-state index is 14.0. The van der Waals surface area contributed by atoms with Crippen molar-refractivity contribution in [1.82, 2.24) is 4.90 Å². The maximum Gasteiger partial charge on any atom is 0.417 e. The quantitative estimate of drug-likeness (QED) is 0.740. The van der Waals surface area contributed by atoms with Gasteiger partial charge in [0.1, 0.15) is 11.4 Å². The highest BCUT2D eigenvalue weighted by atomic mass is 16.6. The molecular weight excluding hydrogens is 404 g/mol. The van der Waals surface area contributed by atoms with E-state index in [9.17, 15) is 14.9 Å². The smallest absolute Gasteiger partial charge is 0.417 e. The van der Waals surface area contributed by atoms with E-state index in [4.69, 9.17) is 10.5 Å². The Bertz CT molecular complexity index is 1200. The SMILES string of the molecule is Cc1cccc([C@@H]2C(C#N)=C(N)N(C(=O)OC(C)(C)C)[C@]23C(=O)N(C)c2ccccc23)c1. The molecule has 164 valence electrons. The number of nitrogens with zero attached hydrogens (tertiary/aromatic N) is 3. The average molecular weight is 431 g/mol. The van der Waals surface area contributed by atoms with Crippen LogP contribution in [0.1, 0.15) is 43.4 Å². The highest BCUT2D eigenvalue weighted by Crippen LogP contribution is 2.59. The Kier molecular flexibility index (Phi) is 4.78. The molecule has 0 fully saturated rings. The zero-order valence-electron chi connectivity index (χ0n) is 18.8. The number of nitrogens with two attached hydrogens (primary N) is 1. The number of para-hydroxylation sites is 1. The third-order valence-corrected chi connectivity index (χ3v) is 5.95. The highest BCUT2D eigenvalue weighted by molar-refractivity contribution is 6.11. The largest absolute Gasteiger partial charge is 0.443 e. The number of carbonyl (C=O) groups excluding carboxylic acids is 2. The summed E-state index contributed by atoms with van der Waals surface area (Å²) in [6, 6.07) is 17.0. The summed E-state index contributed by atoms with van der Waals surface area (Å²) in [5.74, 6) is -1.19. The molecule has 7 heteroatoms. The van der Waals surface area contributed by atoms with Crippen molar-refractivity contribution >= 4 is 17.7 Å². The van der Waals surface area contributed by atoms with Gasteiger partial charge in [-0.05, 0) is 39.3 Å². The van der Waals surface area contributed by atoms with Gasteiger partial charge in [-0.25, -0.2) is 9.69 Å². The summed E-state index contributed by atoms with van der Waals surface area (Å²) in [4.78, 5) is 30.2. The van der Waals surface area contributed by atoms with Crippen LogP contribution in [0.4, 0.5) is 10.5 Å². The molecule has 2 aromatic rings. The van der Waals surface area contributed by atoms with E-state index in [1.54, 1.807) is 27.8 Å². The van der Waals surface area contributed by atoms with Gasteiger partial charge in [0, 0.05) is 18.3 Å². The fourth-order valence-corrected chi connectivity index (χ4v) is 4.79. The number of ether oxygens (including phenoxy) is 1. The minimum Gasteiger partial charge on any atom is -0.443 e. The average Bonchev–Trinajstić information content (AvgIpc) is 3.11. The van der Waals surface area contributed by atoms with Gasteiger partial charge in [0.05, 0.1) is 17.6 Å². The predicted molar refractivity (Wildman–Crippen MR) is 120 cm³/mol. The molecule has 0 saturated carbocycles. The van der Waals surface area contributed by atoms with E-state index in [2.05, 4.69) is 6.07 Å². The van der Waals surface area contributed by atoms with Crippen LogP contribution in [-0.2, 0) is 15.1 Å². The first-order valence-electron chi connectivity index (χ1n) is 10.4. The number of likely N-dealkylation sites (N-methyl/N-ethyl adjacent to an activating group) is 1. The van der Waals surface area contributed by atoms with Gasteiger partial charge in [0.2, 0.25) is 0 Å². The second kappa shape index (κ2) is 7.13. The summed E-state index contributed by atoms with van der Waals surface area (Å²) < 4.78 is 5.67. The van der Waals surface area contributed by atoms with Gasteiger partial charge in [-0.3, -0.25) is 4.79 Å². The number of benzene rings is 2. The summed E-state index contributed by atoms with van der Waals surface area (Å²) in [6.07, 6.45) is -0.767. The Hall–Kier alpha value is -3.79. The van der Waals surface area contributed by atoms with Gasteiger partial charge in [-0.2, -0.15) is 5.26 Å². The Balaban J connectivity index is 2.07. The molecule has 32 heavy (non-hydrogen) atoms. The van der Waals surface area contributed by atoms with Crippen molar-refractivity contribution in [2.75, 3.05) is 11.9 Å². The van der Waals surface area contributed by atoms with E-state index in [0.29, 0.717) is 11.3 Å². The molecule has 0 aromatic heterocycles. The van der Waals surface area contributed by atoms with Crippen molar-refractivity contribution in [3.05, 3.63) is 76.6 Å². The van der Waals surface area contributed by atoms with E-state index in [1.165, 1.54) is 9.80 Å². The molecule has 2 aliphatic rings. The molecule has 2 heterocycles. The molecule has 2 aromatic carbocycles. The van der Waals surface area contributed by atoms with Crippen LogP contribution in [0.3, 0.4) is 0 Å². The number of fused-ring (bicyclic) bond motifs is 2. The standard InChI is InChI=1S/C25H26N4O3/c1-15-9-8-10-16(13-15)20-17(14-26)21(27)29(23(31)32-24(2,3)4)25(20)18-11-6-7-12-19(18)28(5)22(25)30/h6-13,20H,27H2,1-5H3/t20-,25+/m1/s1. The van der Waals surface area contributed by atoms with Crippen molar-refractivity contribution in [2.24, 2.45) is 5.73 Å². The minimum absolute atomic E-state index is 0.0632. The number of hydrogen-bond acceptors (Lipinski definition) is 5. The molecule has 2 atom stereocenters. The molecule has 2 aliphatic heterocycles. The summed E-state index contributed by atoms with van der Waals surface area (Å²) in [5.41, 5.74) is 7.21. The molecular formula is C25H26N4O3. The Morgan fingerprint density at radius 3 is 2.50 bits per heavy atom. The Morgan fingerprint density at radius 2 is 1.88 bits per heavy atom. The van der Waals surface area contributed by atoms with Crippen LogP contribution in [0.2, 0.25) is 0 Å². The molecule has 0 bridgehead atoms.